The predicted octanol–water partition coefficient (Wildman–Crippen LogP) is 1.47. The van der Waals surface area contributed by atoms with Crippen molar-refractivity contribution in [3.63, 3.8) is 0 Å². The second-order valence-electron chi connectivity index (χ2n) is 9.09. The summed E-state index contributed by atoms with van der Waals surface area (Å²) in [5, 5.41) is 7.81. The predicted molar refractivity (Wildman–Crippen MR) is 112 cm³/mol. The Kier molecular flexibility index (Phi) is 5.93. The number of amides is 2. The summed E-state index contributed by atoms with van der Waals surface area (Å²) in [6.07, 6.45) is 2.01. The highest BCUT2D eigenvalue weighted by molar-refractivity contribution is 5.77. The summed E-state index contributed by atoms with van der Waals surface area (Å²) >= 11 is 0. The van der Waals surface area contributed by atoms with E-state index in [0.717, 1.165) is 47.8 Å². The Morgan fingerprint density at radius 1 is 1.31 bits per heavy atom. The Hall–Kier alpha value is -2.48. The molecule has 1 saturated heterocycles. The van der Waals surface area contributed by atoms with Gasteiger partial charge in [0.1, 0.15) is 0 Å². The fraction of sp³-hybridized carbons (Fsp3) is 0.619. The molecule has 0 radical (unpaired) electrons. The Morgan fingerprint density at radius 2 is 2.03 bits per heavy atom. The van der Waals surface area contributed by atoms with Crippen molar-refractivity contribution in [3.8, 4) is 0 Å². The molecule has 8 nitrogen and oxygen atoms in total. The van der Waals surface area contributed by atoms with Gasteiger partial charge < -0.3 is 11.1 Å². The molecule has 0 aliphatic carbocycles. The van der Waals surface area contributed by atoms with Crippen LogP contribution in [-0.4, -0.2) is 56.5 Å². The first kappa shape index (κ1) is 21.2. The third kappa shape index (κ3) is 5.12. The van der Waals surface area contributed by atoms with E-state index in [1.807, 2.05) is 45.2 Å². The molecule has 2 aromatic rings. The number of fused-ring (bicyclic) bond motifs is 1. The van der Waals surface area contributed by atoms with Crippen LogP contribution in [0.1, 0.15) is 62.2 Å². The van der Waals surface area contributed by atoms with Gasteiger partial charge in [-0.05, 0) is 59.6 Å². The molecule has 3 rings (SSSR count). The maximum absolute atomic E-state index is 12.2. The summed E-state index contributed by atoms with van der Waals surface area (Å²) in [6.45, 7) is 11.9. The van der Waals surface area contributed by atoms with E-state index in [2.05, 4.69) is 10.2 Å². The molecule has 158 valence electrons. The molecule has 0 bridgehead atoms. The van der Waals surface area contributed by atoms with Crippen molar-refractivity contribution in [2.75, 3.05) is 19.6 Å². The Bertz CT molecular complexity index is 927. The highest BCUT2D eigenvalue weighted by atomic mass is 16.2. The van der Waals surface area contributed by atoms with Gasteiger partial charge in [0.15, 0.2) is 5.65 Å². The molecule has 3 heterocycles. The molecule has 1 aliphatic rings. The maximum atomic E-state index is 12.2. The van der Waals surface area contributed by atoms with Crippen LogP contribution in [0.4, 0.5) is 0 Å². The minimum absolute atomic E-state index is 0.0399. The van der Waals surface area contributed by atoms with Gasteiger partial charge in [-0.15, -0.1) is 0 Å². The zero-order valence-electron chi connectivity index (χ0n) is 18.1. The molecular formula is C21H32N6O2. The minimum atomic E-state index is -0.297. The number of carbonyl (C=O) groups is 2. The number of aryl methyl sites for hydroxylation is 2. The van der Waals surface area contributed by atoms with E-state index < -0.39 is 0 Å². The van der Waals surface area contributed by atoms with E-state index in [1.54, 1.807) is 0 Å². The van der Waals surface area contributed by atoms with Crippen molar-refractivity contribution in [2.24, 2.45) is 5.73 Å². The van der Waals surface area contributed by atoms with E-state index in [-0.39, 0.29) is 23.3 Å². The lowest BCUT2D eigenvalue weighted by Crippen LogP contribution is -2.40. The summed E-state index contributed by atoms with van der Waals surface area (Å²) in [4.78, 5) is 30.2. The van der Waals surface area contributed by atoms with Crippen LogP contribution in [0.25, 0.3) is 5.65 Å². The molecule has 3 N–H and O–H groups in total. The molecule has 1 fully saturated rings. The van der Waals surface area contributed by atoms with Gasteiger partial charge in [-0.2, -0.15) is 5.10 Å². The third-order valence-electron chi connectivity index (χ3n) is 5.37. The molecule has 8 heteroatoms. The molecular weight excluding hydrogens is 368 g/mol. The molecule has 0 spiro atoms. The summed E-state index contributed by atoms with van der Waals surface area (Å²) in [7, 11) is 0. The Balaban J connectivity index is 1.77. The molecule has 1 atom stereocenters. The van der Waals surface area contributed by atoms with Gasteiger partial charge in [-0.3, -0.25) is 14.5 Å². The molecule has 1 aliphatic heterocycles. The van der Waals surface area contributed by atoms with Crippen LogP contribution >= 0.6 is 0 Å². The van der Waals surface area contributed by atoms with Crippen LogP contribution in [0.2, 0.25) is 0 Å². The van der Waals surface area contributed by atoms with Crippen molar-refractivity contribution in [2.45, 2.75) is 65.3 Å². The number of primary amides is 1. The average Bonchev–Trinajstić information content (AvgIpc) is 3.19. The van der Waals surface area contributed by atoms with Gasteiger partial charge in [0, 0.05) is 41.9 Å². The van der Waals surface area contributed by atoms with Crippen LogP contribution in [0.15, 0.2) is 6.07 Å². The topological polar surface area (TPSA) is 106 Å². The SMILES string of the molecule is Cc1nc2cc([C@@H]3CCN(CC(N)=O)C3)nn2c(C)c1CCC(=O)NC(C)(C)C. The fourth-order valence-electron chi connectivity index (χ4n) is 4.06. The smallest absolute Gasteiger partial charge is 0.231 e. The normalized spacial score (nSPS) is 17.8. The number of likely N-dealkylation sites (tertiary alicyclic amines) is 1. The molecule has 0 saturated carbocycles. The summed E-state index contributed by atoms with van der Waals surface area (Å²) in [5.41, 5.74) is 9.93. The number of carbonyl (C=O) groups excluding carboxylic acids is 2. The largest absolute Gasteiger partial charge is 0.369 e. The van der Waals surface area contributed by atoms with Crippen molar-refractivity contribution in [1.29, 1.82) is 0 Å². The Morgan fingerprint density at radius 3 is 2.69 bits per heavy atom. The number of aromatic nitrogens is 3. The van der Waals surface area contributed by atoms with Crippen LogP contribution in [0.3, 0.4) is 0 Å². The minimum Gasteiger partial charge on any atom is -0.369 e. The summed E-state index contributed by atoms with van der Waals surface area (Å²) < 4.78 is 1.88. The second kappa shape index (κ2) is 8.10. The molecule has 2 amide bonds. The van der Waals surface area contributed by atoms with E-state index in [1.165, 1.54) is 0 Å². The number of rotatable bonds is 6. The molecule has 29 heavy (non-hydrogen) atoms. The van der Waals surface area contributed by atoms with E-state index in [4.69, 9.17) is 15.8 Å². The summed E-state index contributed by atoms with van der Waals surface area (Å²) in [5.74, 6) is 0.0174. The highest BCUT2D eigenvalue weighted by Gasteiger charge is 2.27. The number of hydrogen-bond acceptors (Lipinski definition) is 5. The lowest BCUT2D eigenvalue weighted by molar-refractivity contribution is -0.122. The van der Waals surface area contributed by atoms with Crippen molar-refractivity contribution >= 4 is 17.5 Å². The number of nitrogens with two attached hydrogens (primary N) is 1. The van der Waals surface area contributed by atoms with Crippen molar-refractivity contribution in [1.82, 2.24) is 24.8 Å². The van der Waals surface area contributed by atoms with Gasteiger partial charge in [0.05, 0.1) is 12.2 Å². The quantitative estimate of drug-likeness (QED) is 0.764. The van der Waals surface area contributed by atoms with E-state index in [9.17, 15) is 9.59 Å². The maximum Gasteiger partial charge on any atom is 0.231 e. The van der Waals surface area contributed by atoms with Crippen LogP contribution < -0.4 is 11.1 Å². The van der Waals surface area contributed by atoms with Gasteiger partial charge in [-0.25, -0.2) is 9.50 Å². The first-order chi connectivity index (χ1) is 13.5. The average molecular weight is 401 g/mol. The lowest BCUT2D eigenvalue weighted by atomic mass is 10.0. The lowest BCUT2D eigenvalue weighted by Gasteiger charge is -2.20. The first-order valence-corrected chi connectivity index (χ1v) is 10.2. The van der Waals surface area contributed by atoms with Crippen LogP contribution in [0, 0.1) is 13.8 Å². The van der Waals surface area contributed by atoms with Crippen molar-refractivity contribution in [3.05, 3.63) is 28.7 Å². The third-order valence-corrected chi connectivity index (χ3v) is 5.37. The number of nitrogens with one attached hydrogen (secondary N) is 1. The number of hydrogen-bond donors (Lipinski definition) is 2. The van der Waals surface area contributed by atoms with Gasteiger partial charge >= 0.3 is 0 Å². The molecule has 0 aromatic carbocycles. The number of nitrogens with zero attached hydrogens (tertiary/aromatic N) is 4. The zero-order chi connectivity index (χ0) is 21.3. The van der Waals surface area contributed by atoms with Crippen LogP contribution in [0.5, 0.6) is 0 Å². The second-order valence-corrected chi connectivity index (χ2v) is 9.09. The Labute approximate surface area is 171 Å². The highest BCUT2D eigenvalue weighted by Crippen LogP contribution is 2.27. The van der Waals surface area contributed by atoms with Crippen LogP contribution in [-0.2, 0) is 16.0 Å². The summed E-state index contributed by atoms with van der Waals surface area (Å²) in [6, 6.07) is 2.04. The zero-order valence-corrected chi connectivity index (χ0v) is 18.1. The monoisotopic (exact) mass is 400 g/mol. The van der Waals surface area contributed by atoms with Gasteiger partial charge in [0.25, 0.3) is 0 Å². The standard InChI is InChI=1S/C21H32N6O2/c1-13-16(6-7-20(29)24-21(3,4)5)14(2)27-19(23-13)10-17(25-27)15-8-9-26(11-15)12-18(22)28/h10,15H,6-9,11-12H2,1-5H3,(H2,22,28)(H,24,29)/t15-/m1/s1. The molecule has 2 aromatic heterocycles. The fourth-order valence-corrected chi connectivity index (χ4v) is 4.06. The van der Waals surface area contributed by atoms with Gasteiger partial charge in [-0.1, -0.05) is 0 Å². The van der Waals surface area contributed by atoms with Crippen molar-refractivity contribution < 1.29 is 9.59 Å². The van der Waals surface area contributed by atoms with E-state index in [0.29, 0.717) is 19.4 Å². The van der Waals surface area contributed by atoms with E-state index >= 15 is 0 Å². The molecule has 0 unspecified atom stereocenters. The van der Waals surface area contributed by atoms with Gasteiger partial charge in [0.2, 0.25) is 11.8 Å². The first-order valence-electron chi connectivity index (χ1n) is 10.2.